The Balaban J connectivity index is 3.03. The van der Waals surface area contributed by atoms with Crippen molar-refractivity contribution in [3.8, 4) is 0 Å². The van der Waals surface area contributed by atoms with Crippen LogP contribution in [0.4, 0.5) is 8.78 Å². The van der Waals surface area contributed by atoms with Crippen molar-refractivity contribution in [2.45, 2.75) is 23.8 Å². The van der Waals surface area contributed by atoms with E-state index in [4.69, 9.17) is 5.73 Å². The third kappa shape index (κ3) is 3.51. The van der Waals surface area contributed by atoms with Crippen molar-refractivity contribution in [3.63, 3.8) is 0 Å². The minimum absolute atomic E-state index is 0.0205. The molecule has 8 heteroatoms. The van der Waals surface area contributed by atoms with Crippen LogP contribution in [0.3, 0.4) is 0 Å². The summed E-state index contributed by atoms with van der Waals surface area (Å²) in [6.07, 6.45) is 0.995. The molecule has 2 N–H and O–H groups in total. The summed E-state index contributed by atoms with van der Waals surface area (Å²) in [6, 6.07) is 2.70. The van der Waals surface area contributed by atoms with Crippen LogP contribution in [0.1, 0.15) is 18.5 Å². The number of carbonyl (C=O) groups excluding carboxylic acids is 1. The van der Waals surface area contributed by atoms with Crippen LogP contribution in [0.2, 0.25) is 0 Å². The number of sulfone groups is 1. The van der Waals surface area contributed by atoms with Crippen LogP contribution in [-0.2, 0) is 19.4 Å². The minimum atomic E-state index is -3.89. The highest BCUT2D eigenvalue weighted by Crippen LogP contribution is 2.31. The third-order valence-electron chi connectivity index (χ3n) is 2.61. The first-order valence-corrected chi connectivity index (χ1v) is 7.60. The number of carbonyl (C=O) groups is 1. The van der Waals surface area contributed by atoms with Gasteiger partial charge in [-0.2, -0.15) is 8.78 Å². The Hall–Kier alpha value is -1.54. The molecule has 1 atom stereocenters. The second-order valence-corrected chi connectivity index (χ2v) is 6.18. The molecule has 0 amide bonds. The summed E-state index contributed by atoms with van der Waals surface area (Å²) in [6.45, 7) is 1.22. The highest BCUT2D eigenvalue weighted by Gasteiger charge is 2.47. The summed E-state index contributed by atoms with van der Waals surface area (Å²) in [5.41, 5.74) is 5.30. The van der Waals surface area contributed by atoms with Crippen molar-refractivity contribution >= 4 is 15.8 Å². The first-order valence-electron chi connectivity index (χ1n) is 5.71. The Labute approximate surface area is 115 Å². The topological polar surface area (TPSA) is 86.5 Å². The average Bonchev–Trinajstić information content (AvgIpc) is 2.37. The molecule has 0 aliphatic rings. The average molecular weight is 307 g/mol. The van der Waals surface area contributed by atoms with Crippen LogP contribution in [0.15, 0.2) is 29.2 Å². The number of rotatable bonds is 5. The van der Waals surface area contributed by atoms with Gasteiger partial charge in [-0.05, 0) is 24.6 Å². The monoisotopic (exact) mass is 307 g/mol. The maximum Gasteiger partial charge on any atom is 0.379 e. The molecule has 0 aliphatic carbocycles. The van der Waals surface area contributed by atoms with Crippen molar-refractivity contribution in [2.75, 3.05) is 12.9 Å². The molecule has 0 radical (unpaired) electrons. The van der Waals surface area contributed by atoms with E-state index in [0.717, 1.165) is 30.5 Å². The standard InChI is InChI=1S/C12H15F2NO4S/c1-3-19-11(16)12(13,14)10(15)8-4-6-9(7-5-8)20(2,17)18/h4-7,10H,3,15H2,1-2H3/t10-/m0/s1. The van der Waals surface area contributed by atoms with E-state index >= 15 is 0 Å². The molecule has 0 aliphatic heterocycles. The van der Waals surface area contributed by atoms with E-state index in [2.05, 4.69) is 4.74 Å². The smallest absolute Gasteiger partial charge is 0.379 e. The zero-order chi connectivity index (χ0) is 15.6. The molecule has 20 heavy (non-hydrogen) atoms. The first kappa shape index (κ1) is 16.5. The van der Waals surface area contributed by atoms with E-state index < -0.39 is 27.8 Å². The van der Waals surface area contributed by atoms with Crippen LogP contribution in [0.5, 0.6) is 0 Å². The normalized spacial score (nSPS) is 13.8. The van der Waals surface area contributed by atoms with Crippen LogP contribution >= 0.6 is 0 Å². The summed E-state index contributed by atoms with van der Waals surface area (Å²) in [5, 5.41) is 0. The predicted molar refractivity (Wildman–Crippen MR) is 68.1 cm³/mol. The number of halogens is 2. The number of alkyl halides is 2. The summed E-state index contributed by atoms with van der Waals surface area (Å²) >= 11 is 0. The molecule has 5 nitrogen and oxygen atoms in total. The molecule has 0 unspecified atom stereocenters. The van der Waals surface area contributed by atoms with Gasteiger partial charge in [-0.1, -0.05) is 12.1 Å². The molecule has 0 fully saturated rings. The zero-order valence-electron chi connectivity index (χ0n) is 11.0. The van der Waals surface area contributed by atoms with E-state index in [0.29, 0.717) is 0 Å². The molecule has 1 aromatic rings. The SMILES string of the molecule is CCOC(=O)C(F)(F)[C@@H](N)c1ccc(S(C)(=O)=O)cc1. The van der Waals surface area contributed by atoms with Gasteiger partial charge in [0.05, 0.1) is 11.5 Å². The fourth-order valence-corrected chi connectivity index (χ4v) is 2.12. The number of benzene rings is 1. The van der Waals surface area contributed by atoms with Crippen molar-refractivity contribution in [2.24, 2.45) is 5.73 Å². The number of nitrogens with two attached hydrogens (primary N) is 1. The van der Waals surface area contributed by atoms with Gasteiger partial charge in [0.1, 0.15) is 6.04 Å². The molecule has 0 saturated heterocycles. The molecule has 0 spiro atoms. The van der Waals surface area contributed by atoms with E-state index in [1.165, 1.54) is 6.92 Å². The second kappa shape index (κ2) is 5.84. The zero-order valence-corrected chi connectivity index (χ0v) is 11.8. The van der Waals surface area contributed by atoms with Crippen LogP contribution < -0.4 is 5.73 Å². The van der Waals surface area contributed by atoms with Gasteiger partial charge in [0.15, 0.2) is 9.84 Å². The Morgan fingerprint density at radius 3 is 2.25 bits per heavy atom. The molecule has 0 heterocycles. The van der Waals surface area contributed by atoms with Crippen LogP contribution in [-0.4, -0.2) is 33.2 Å². The Morgan fingerprint density at radius 1 is 1.35 bits per heavy atom. The van der Waals surface area contributed by atoms with Gasteiger partial charge < -0.3 is 10.5 Å². The molecule has 112 valence electrons. The Bertz CT molecular complexity index is 584. The molecule has 0 bridgehead atoms. The van der Waals surface area contributed by atoms with Gasteiger partial charge in [-0.25, -0.2) is 13.2 Å². The second-order valence-electron chi connectivity index (χ2n) is 4.16. The number of hydrogen-bond acceptors (Lipinski definition) is 5. The lowest BCUT2D eigenvalue weighted by Crippen LogP contribution is -2.41. The third-order valence-corrected chi connectivity index (χ3v) is 3.73. The van der Waals surface area contributed by atoms with Gasteiger partial charge >= 0.3 is 11.9 Å². The molecular formula is C12H15F2NO4S. The highest BCUT2D eigenvalue weighted by molar-refractivity contribution is 7.90. The van der Waals surface area contributed by atoms with Crippen molar-refractivity contribution in [3.05, 3.63) is 29.8 Å². The van der Waals surface area contributed by atoms with Gasteiger partial charge in [-0.15, -0.1) is 0 Å². The molecule has 0 saturated carbocycles. The number of ether oxygens (including phenoxy) is 1. The summed E-state index contributed by atoms with van der Waals surface area (Å²) in [7, 11) is -3.43. The van der Waals surface area contributed by atoms with E-state index in [1.807, 2.05) is 0 Å². The predicted octanol–water partition coefficient (Wildman–Crippen LogP) is 1.29. The number of esters is 1. The minimum Gasteiger partial charge on any atom is -0.462 e. The van der Waals surface area contributed by atoms with Crippen LogP contribution in [0, 0.1) is 0 Å². The van der Waals surface area contributed by atoms with Gasteiger partial charge in [0, 0.05) is 6.26 Å². The van der Waals surface area contributed by atoms with E-state index in [9.17, 15) is 22.0 Å². The van der Waals surface area contributed by atoms with Gasteiger partial charge in [0.2, 0.25) is 0 Å². The maximum absolute atomic E-state index is 13.7. The van der Waals surface area contributed by atoms with Crippen molar-refractivity contribution in [1.29, 1.82) is 0 Å². The lowest BCUT2D eigenvalue weighted by molar-refractivity contribution is -0.174. The summed E-state index contributed by atoms with van der Waals surface area (Å²) < 4.78 is 54.2. The molecule has 1 rings (SSSR count). The van der Waals surface area contributed by atoms with Crippen LogP contribution in [0.25, 0.3) is 0 Å². The fourth-order valence-electron chi connectivity index (χ4n) is 1.49. The molecule has 0 aromatic heterocycles. The molecule has 1 aromatic carbocycles. The largest absolute Gasteiger partial charge is 0.462 e. The van der Waals surface area contributed by atoms with Crippen molar-refractivity contribution < 1.29 is 26.7 Å². The lowest BCUT2D eigenvalue weighted by atomic mass is 10.0. The highest BCUT2D eigenvalue weighted by atomic mass is 32.2. The van der Waals surface area contributed by atoms with E-state index in [-0.39, 0.29) is 17.1 Å². The fraction of sp³-hybridized carbons (Fsp3) is 0.417. The van der Waals surface area contributed by atoms with E-state index in [1.54, 1.807) is 0 Å². The Morgan fingerprint density at radius 2 is 1.85 bits per heavy atom. The lowest BCUT2D eigenvalue weighted by Gasteiger charge is -2.21. The molecular weight excluding hydrogens is 292 g/mol. The first-order chi connectivity index (χ1) is 9.10. The number of hydrogen-bond donors (Lipinski definition) is 1. The maximum atomic E-state index is 13.7. The van der Waals surface area contributed by atoms with Gasteiger partial charge in [0.25, 0.3) is 0 Å². The van der Waals surface area contributed by atoms with Gasteiger partial charge in [-0.3, -0.25) is 0 Å². The quantitative estimate of drug-likeness (QED) is 0.828. The summed E-state index contributed by atoms with van der Waals surface area (Å²) in [5.74, 6) is -5.59. The summed E-state index contributed by atoms with van der Waals surface area (Å²) in [4.78, 5) is 11.1. The Kier molecular flexibility index (Phi) is 4.82. The van der Waals surface area contributed by atoms with Crippen molar-refractivity contribution in [1.82, 2.24) is 0 Å².